The molecule has 7 nitrogen and oxygen atoms in total. The number of carbonyl (C=O) groups is 1. The second kappa shape index (κ2) is 6.09. The highest BCUT2D eigenvalue weighted by Crippen LogP contribution is 2.27. The Hall–Kier alpha value is -1.51. The van der Waals surface area contributed by atoms with Crippen molar-refractivity contribution in [2.24, 2.45) is 0 Å². The van der Waals surface area contributed by atoms with Gasteiger partial charge in [0.25, 0.3) is 11.6 Å². The number of non-ortho nitro benzene ring substituents is 1. The molecule has 0 spiro atoms. The van der Waals surface area contributed by atoms with Gasteiger partial charge in [0.1, 0.15) is 6.10 Å². The van der Waals surface area contributed by atoms with Crippen LogP contribution in [0, 0.1) is 10.1 Å². The molecule has 1 aromatic rings. The summed E-state index contributed by atoms with van der Waals surface area (Å²) >= 11 is 3.19. The summed E-state index contributed by atoms with van der Waals surface area (Å²) in [4.78, 5) is 22.0. The average Bonchev–Trinajstić information content (AvgIpc) is 2.41. The smallest absolute Gasteiger partial charge is 0.270 e. The van der Waals surface area contributed by atoms with Crippen molar-refractivity contribution in [3.8, 4) is 0 Å². The van der Waals surface area contributed by atoms with Crippen molar-refractivity contribution >= 4 is 33.2 Å². The molecule has 1 aliphatic heterocycles. The lowest BCUT2D eigenvalue weighted by Gasteiger charge is -2.22. The van der Waals surface area contributed by atoms with Gasteiger partial charge in [-0.1, -0.05) is 0 Å². The molecule has 8 heteroatoms. The van der Waals surface area contributed by atoms with Crippen molar-refractivity contribution in [3.63, 3.8) is 0 Å². The number of hydrogen-bond donors (Lipinski definition) is 2. The minimum Gasteiger partial charge on any atom is -0.366 e. The van der Waals surface area contributed by atoms with Gasteiger partial charge in [-0.15, -0.1) is 0 Å². The third kappa shape index (κ3) is 3.49. The predicted molar refractivity (Wildman–Crippen MR) is 72.0 cm³/mol. The Balaban J connectivity index is 2.06. The summed E-state index contributed by atoms with van der Waals surface area (Å²) in [5, 5.41) is 16.3. The van der Waals surface area contributed by atoms with Crippen molar-refractivity contribution in [2.75, 3.05) is 25.0 Å². The van der Waals surface area contributed by atoms with Crippen molar-refractivity contribution < 1.29 is 14.5 Å². The molecule has 1 heterocycles. The van der Waals surface area contributed by atoms with Gasteiger partial charge in [0.05, 0.1) is 17.2 Å². The maximum Gasteiger partial charge on any atom is 0.270 e. The highest BCUT2D eigenvalue weighted by Gasteiger charge is 2.22. The van der Waals surface area contributed by atoms with Crippen molar-refractivity contribution in [3.05, 3.63) is 32.8 Å². The van der Waals surface area contributed by atoms with Crippen LogP contribution in [0.1, 0.15) is 0 Å². The van der Waals surface area contributed by atoms with E-state index in [1.165, 1.54) is 18.2 Å². The number of nitrogens with one attached hydrogen (secondary N) is 2. The van der Waals surface area contributed by atoms with Crippen LogP contribution in [0.3, 0.4) is 0 Å². The first-order valence-electron chi connectivity index (χ1n) is 5.65. The molecular weight excluding hydrogens is 318 g/mol. The minimum absolute atomic E-state index is 0.0412. The lowest BCUT2D eigenvalue weighted by molar-refractivity contribution is -0.384. The molecule has 0 saturated carbocycles. The number of rotatable bonds is 3. The Morgan fingerprint density at radius 1 is 1.58 bits per heavy atom. The zero-order valence-corrected chi connectivity index (χ0v) is 11.5. The highest BCUT2D eigenvalue weighted by atomic mass is 79.9. The number of benzene rings is 1. The number of carbonyl (C=O) groups excluding carboxylic acids is 1. The monoisotopic (exact) mass is 329 g/mol. The van der Waals surface area contributed by atoms with E-state index in [1.54, 1.807) is 0 Å². The number of morpholine rings is 1. The number of hydrogen-bond acceptors (Lipinski definition) is 5. The molecule has 1 fully saturated rings. The Morgan fingerprint density at radius 3 is 2.95 bits per heavy atom. The van der Waals surface area contributed by atoms with E-state index >= 15 is 0 Å². The number of anilines is 1. The summed E-state index contributed by atoms with van der Waals surface area (Å²) in [6.07, 6.45) is -0.546. The molecule has 102 valence electrons. The lowest BCUT2D eigenvalue weighted by Crippen LogP contribution is -2.45. The first-order chi connectivity index (χ1) is 9.08. The second-order valence-electron chi connectivity index (χ2n) is 3.97. The maximum absolute atomic E-state index is 11.9. The summed E-state index contributed by atoms with van der Waals surface area (Å²) in [7, 11) is 0. The average molecular weight is 330 g/mol. The van der Waals surface area contributed by atoms with Crippen molar-refractivity contribution in [1.82, 2.24) is 5.32 Å². The molecule has 0 aliphatic carbocycles. The zero-order chi connectivity index (χ0) is 13.8. The van der Waals surface area contributed by atoms with Crippen LogP contribution in [0.15, 0.2) is 22.7 Å². The van der Waals surface area contributed by atoms with Crippen LogP contribution < -0.4 is 10.6 Å². The summed E-state index contributed by atoms with van der Waals surface area (Å²) in [5.41, 5.74) is 0.435. The molecule has 1 saturated heterocycles. The van der Waals surface area contributed by atoms with Gasteiger partial charge in [0.15, 0.2) is 0 Å². The topological polar surface area (TPSA) is 93.5 Å². The predicted octanol–water partition coefficient (Wildman–Crippen LogP) is 1.28. The Morgan fingerprint density at radius 2 is 2.37 bits per heavy atom. The first kappa shape index (κ1) is 13.9. The van der Waals surface area contributed by atoms with Gasteiger partial charge < -0.3 is 15.4 Å². The van der Waals surface area contributed by atoms with Gasteiger partial charge in [0, 0.05) is 29.7 Å². The molecule has 1 aromatic carbocycles. The minimum atomic E-state index is -0.546. The van der Waals surface area contributed by atoms with E-state index in [4.69, 9.17) is 4.74 Å². The van der Waals surface area contributed by atoms with Gasteiger partial charge in [-0.05, 0) is 22.0 Å². The van der Waals surface area contributed by atoms with Crippen LogP contribution in [0.2, 0.25) is 0 Å². The van der Waals surface area contributed by atoms with E-state index < -0.39 is 11.0 Å². The number of halogens is 1. The van der Waals surface area contributed by atoms with E-state index in [0.717, 1.165) is 6.54 Å². The third-order valence-corrected chi connectivity index (χ3v) is 3.30. The van der Waals surface area contributed by atoms with E-state index in [1.807, 2.05) is 0 Å². The van der Waals surface area contributed by atoms with Gasteiger partial charge in [-0.3, -0.25) is 14.9 Å². The number of nitrogens with zero attached hydrogens (tertiary/aromatic N) is 1. The van der Waals surface area contributed by atoms with Crippen LogP contribution in [0.5, 0.6) is 0 Å². The van der Waals surface area contributed by atoms with E-state index in [0.29, 0.717) is 23.3 Å². The first-order valence-corrected chi connectivity index (χ1v) is 6.44. The molecule has 1 amide bonds. The van der Waals surface area contributed by atoms with Gasteiger partial charge in [0.2, 0.25) is 0 Å². The highest BCUT2D eigenvalue weighted by molar-refractivity contribution is 9.10. The van der Waals surface area contributed by atoms with Crippen molar-refractivity contribution in [2.45, 2.75) is 6.10 Å². The number of ether oxygens (including phenoxy) is 1. The normalized spacial score (nSPS) is 18.9. The van der Waals surface area contributed by atoms with E-state index in [-0.39, 0.29) is 11.6 Å². The fourth-order valence-electron chi connectivity index (χ4n) is 1.67. The summed E-state index contributed by atoms with van der Waals surface area (Å²) in [6.45, 7) is 1.67. The van der Waals surface area contributed by atoms with E-state index in [2.05, 4.69) is 26.6 Å². The summed E-state index contributed by atoms with van der Waals surface area (Å²) in [6, 6.07) is 4.16. The fraction of sp³-hybridized carbons (Fsp3) is 0.364. The zero-order valence-electron chi connectivity index (χ0n) is 9.89. The van der Waals surface area contributed by atoms with E-state index in [9.17, 15) is 14.9 Å². The second-order valence-corrected chi connectivity index (χ2v) is 4.83. The summed E-state index contributed by atoms with van der Waals surface area (Å²) in [5.74, 6) is -0.276. The molecular formula is C11H12BrN3O4. The van der Waals surface area contributed by atoms with Crippen LogP contribution in [0.4, 0.5) is 11.4 Å². The van der Waals surface area contributed by atoms with Crippen LogP contribution in [0.25, 0.3) is 0 Å². The molecule has 0 aromatic heterocycles. The number of amides is 1. The van der Waals surface area contributed by atoms with Gasteiger partial charge in [-0.2, -0.15) is 0 Å². The molecule has 2 rings (SSSR count). The molecule has 2 N–H and O–H groups in total. The molecule has 1 atom stereocenters. The maximum atomic E-state index is 11.9. The van der Waals surface area contributed by atoms with Gasteiger partial charge in [-0.25, -0.2) is 0 Å². The van der Waals surface area contributed by atoms with Crippen LogP contribution >= 0.6 is 15.9 Å². The molecule has 19 heavy (non-hydrogen) atoms. The molecule has 0 bridgehead atoms. The third-order valence-electron chi connectivity index (χ3n) is 2.64. The van der Waals surface area contributed by atoms with Crippen molar-refractivity contribution in [1.29, 1.82) is 0 Å². The Bertz CT molecular complexity index is 503. The number of nitro benzene ring substituents is 1. The Kier molecular flexibility index (Phi) is 4.46. The van der Waals surface area contributed by atoms with Crippen LogP contribution in [-0.4, -0.2) is 36.6 Å². The van der Waals surface area contributed by atoms with Crippen LogP contribution in [-0.2, 0) is 9.53 Å². The standard InChI is InChI=1S/C11H12BrN3O4/c12-8-5-7(15(17)18)1-2-9(8)14-11(16)10-6-13-3-4-19-10/h1-2,5,10,13H,3-4,6H2,(H,14,16). The molecule has 1 unspecified atom stereocenters. The largest absolute Gasteiger partial charge is 0.366 e. The fourth-order valence-corrected chi connectivity index (χ4v) is 2.13. The molecule has 0 radical (unpaired) electrons. The summed E-state index contributed by atoms with van der Waals surface area (Å²) < 4.78 is 5.77. The Labute approximate surface area is 117 Å². The lowest BCUT2D eigenvalue weighted by atomic mass is 10.2. The quantitative estimate of drug-likeness (QED) is 0.643. The SMILES string of the molecule is O=C(Nc1ccc([N+](=O)[O-])cc1Br)C1CNCCO1. The van der Waals surface area contributed by atoms with Gasteiger partial charge >= 0.3 is 0 Å². The number of nitro groups is 1. The molecule has 1 aliphatic rings.